The minimum Gasteiger partial charge on any atom is -0.465 e. The normalized spacial score (nSPS) is 16.4. The van der Waals surface area contributed by atoms with Gasteiger partial charge in [0.1, 0.15) is 11.5 Å². The molecule has 1 saturated heterocycles. The molecule has 0 radical (unpaired) electrons. The van der Waals surface area contributed by atoms with Crippen LogP contribution in [0.4, 0.5) is 0 Å². The summed E-state index contributed by atoms with van der Waals surface area (Å²) in [6, 6.07) is 9.14. The second-order valence-corrected chi connectivity index (χ2v) is 7.16. The molecule has 0 aliphatic carbocycles. The smallest absolute Gasteiger partial charge is 0.224 e. The molecule has 2 aromatic rings. The molecular weight excluding hydrogens is 375 g/mol. The molecule has 0 spiro atoms. The van der Waals surface area contributed by atoms with Gasteiger partial charge >= 0.3 is 0 Å². The molecule has 0 saturated carbocycles. The van der Waals surface area contributed by atoms with Crippen LogP contribution >= 0.6 is 23.2 Å². The first-order valence-electron chi connectivity index (χ1n) is 8.61. The largest absolute Gasteiger partial charge is 0.465 e. The highest BCUT2D eigenvalue weighted by atomic mass is 35.5. The Morgan fingerprint density at radius 3 is 2.62 bits per heavy atom. The zero-order valence-corrected chi connectivity index (χ0v) is 16.1. The molecular formula is C19H22Cl2N2O3. The van der Waals surface area contributed by atoms with Crippen LogP contribution < -0.4 is 5.32 Å². The number of aryl methyl sites for hydroxylation is 1. The quantitative estimate of drug-likeness (QED) is 0.809. The van der Waals surface area contributed by atoms with Crippen LogP contribution in [0, 0.1) is 6.92 Å². The molecule has 7 heteroatoms. The van der Waals surface area contributed by atoms with E-state index >= 15 is 0 Å². The SMILES string of the molecule is Cc1ccc(C(CNC(=O)Cc2ccc(Cl)c(Cl)c2)N2CCOCC2)o1. The highest BCUT2D eigenvalue weighted by Gasteiger charge is 2.25. The van der Waals surface area contributed by atoms with E-state index in [1.807, 2.05) is 25.1 Å². The first-order valence-corrected chi connectivity index (χ1v) is 9.37. The topological polar surface area (TPSA) is 54.7 Å². The van der Waals surface area contributed by atoms with Crippen LogP contribution in [0.3, 0.4) is 0 Å². The summed E-state index contributed by atoms with van der Waals surface area (Å²) in [6.07, 6.45) is 0.254. The van der Waals surface area contributed by atoms with Crippen molar-refractivity contribution >= 4 is 29.1 Å². The van der Waals surface area contributed by atoms with Gasteiger partial charge in [0.25, 0.3) is 0 Å². The van der Waals surface area contributed by atoms with E-state index in [2.05, 4.69) is 10.2 Å². The molecule has 1 amide bonds. The summed E-state index contributed by atoms with van der Waals surface area (Å²) in [5.74, 6) is 1.66. The first-order chi connectivity index (χ1) is 12.5. The van der Waals surface area contributed by atoms with Crippen molar-refractivity contribution < 1.29 is 13.9 Å². The number of amides is 1. The van der Waals surface area contributed by atoms with Crippen LogP contribution in [-0.2, 0) is 16.0 Å². The van der Waals surface area contributed by atoms with Crippen molar-refractivity contribution in [2.24, 2.45) is 0 Å². The fraction of sp³-hybridized carbons (Fsp3) is 0.421. The molecule has 26 heavy (non-hydrogen) atoms. The maximum Gasteiger partial charge on any atom is 0.224 e. The van der Waals surface area contributed by atoms with Gasteiger partial charge in [-0.15, -0.1) is 0 Å². The highest BCUT2D eigenvalue weighted by Crippen LogP contribution is 2.24. The van der Waals surface area contributed by atoms with Crippen molar-refractivity contribution in [3.8, 4) is 0 Å². The van der Waals surface area contributed by atoms with Gasteiger partial charge in [0.15, 0.2) is 0 Å². The number of halogens is 2. The number of hydrogen-bond acceptors (Lipinski definition) is 4. The zero-order valence-electron chi connectivity index (χ0n) is 14.6. The Labute approximate surface area is 163 Å². The molecule has 3 rings (SSSR count). The Morgan fingerprint density at radius 2 is 1.96 bits per heavy atom. The average molecular weight is 397 g/mol. The third-order valence-corrected chi connectivity index (χ3v) is 5.16. The monoisotopic (exact) mass is 396 g/mol. The fourth-order valence-electron chi connectivity index (χ4n) is 3.04. The van der Waals surface area contributed by atoms with Crippen LogP contribution in [0.1, 0.15) is 23.1 Å². The summed E-state index contributed by atoms with van der Waals surface area (Å²) in [7, 11) is 0. The molecule has 1 atom stereocenters. The lowest BCUT2D eigenvalue weighted by Crippen LogP contribution is -2.44. The van der Waals surface area contributed by atoms with Gasteiger partial charge in [0.05, 0.1) is 35.7 Å². The molecule has 1 unspecified atom stereocenters. The lowest BCUT2D eigenvalue weighted by atomic mass is 10.1. The number of morpholine rings is 1. The molecule has 0 bridgehead atoms. The van der Waals surface area contributed by atoms with Crippen LogP contribution in [0.5, 0.6) is 0 Å². The predicted octanol–water partition coefficient (Wildman–Crippen LogP) is 3.63. The van der Waals surface area contributed by atoms with E-state index in [0.717, 1.165) is 30.2 Å². The minimum atomic E-state index is -0.0649. The van der Waals surface area contributed by atoms with Crippen LogP contribution in [0.15, 0.2) is 34.7 Å². The fourth-order valence-corrected chi connectivity index (χ4v) is 3.36. The summed E-state index contributed by atoms with van der Waals surface area (Å²) in [5, 5.41) is 3.95. The van der Waals surface area contributed by atoms with Gasteiger partial charge in [-0.3, -0.25) is 9.69 Å². The molecule has 5 nitrogen and oxygen atoms in total. The van der Waals surface area contributed by atoms with Gasteiger partial charge in [-0.05, 0) is 36.8 Å². The number of ether oxygens (including phenoxy) is 1. The van der Waals surface area contributed by atoms with Crippen LogP contribution in [0.2, 0.25) is 10.0 Å². The van der Waals surface area contributed by atoms with Crippen molar-refractivity contribution in [3.05, 3.63) is 57.5 Å². The summed E-state index contributed by atoms with van der Waals surface area (Å²) in [5.41, 5.74) is 0.827. The lowest BCUT2D eigenvalue weighted by molar-refractivity contribution is -0.120. The first kappa shape index (κ1) is 19.2. The molecule has 2 heterocycles. The van der Waals surface area contributed by atoms with Gasteiger partial charge in [0.2, 0.25) is 5.91 Å². The molecule has 1 aliphatic heterocycles. The Balaban J connectivity index is 1.62. The van der Waals surface area contributed by atoms with Crippen molar-refractivity contribution in [3.63, 3.8) is 0 Å². The zero-order chi connectivity index (χ0) is 18.5. The van der Waals surface area contributed by atoms with Gasteiger partial charge < -0.3 is 14.5 Å². The standard InChI is InChI=1S/C19H22Cl2N2O3/c1-13-2-5-18(26-13)17(23-6-8-25-9-7-23)12-22-19(24)11-14-3-4-15(20)16(21)10-14/h2-5,10,17H,6-9,11-12H2,1H3,(H,22,24). The summed E-state index contributed by atoms with van der Waals surface area (Å²) >= 11 is 11.9. The third kappa shape index (κ3) is 5.01. The van der Waals surface area contributed by atoms with E-state index < -0.39 is 0 Å². The maximum atomic E-state index is 12.4. The number of carbonyl (C=O) groups is 1. The molecule has 1 N–H and O–H groups in total. The third-order valence-electron chi connectivity index (χ3n) is 4.42. The highest BCUT2D eigenvalue weighted by molar-refractivity contribution is 6.42. The van der Waals surface area contributed by atoms with Gasteiger partial charge in [0, 0.05) is 19.6 Å². The van der Waals surface area contributed by atoms with Crippen molar-refractivity contribution in [1.29, 1.82) is 0 Å². The number of furan rings is 1. The molecule has 1 aliphatic rings. The summed E-state index contributed by atoms with van der Waals surface area (Å²) in [4.78, 5) is 14.7. The van der Waals surface area contributed by atoms with Crippen LogP contribution in [-0.4, -0.2) is 43.7 Å². The number of nitrogens with zero attached hydrogens (tertiary/aromatic N) is 1. The minimum absolute atomic E-state index is 0.00893. The second kappa shape index (κ2) is 8.91. The van der Waals surface area contributed by atoms with Gasteiger partial charge in [-0.1, -0.05) is 29.3 Å². The molecule has 1 fully saturated rings. The number of carbonyl (C=O) groups excluding carboxylic acids is 1. The van der Waals surface area contributed by atoms with E-state index in [0.29, 0.717) is 29.8 Å². The van der Waals surface area contributed by atoms with Crippen molar-refractivity contribution in [2.75, 3.05) is 32.8 Å². The summed E-state index contributed by atoms with van der Waals surface area (Å²) < 4.78 is 11.2. The van der Waals surface area contributed by atoms with E-state index in [1.165, 1.54) is 0 Å². The number of hydrogen-bond donors (Lipinski definition) is 1. The molecule has 1 aromatic heterocycles. The Bertz CT molecular complexity index is 757. The van der Waals surface area contributed by atoms with Gasteiger partial charge in [-0.2, -0.15) is 0 Å². The van der Waals surface area contributed by atoms with Crippen molar-refractivity contribution in [1.82, 2.24) is 10.2 Å². The van der Waals surface area contributed by atoms with E-state index in [4.69, 9.17) is 32.4 Å². The van der Waals surface area contributed by atoms with E-state index in [-0.39, 0.29) is 18.4 Å². The predicted molar refractivity (Wildman–Crippen MR) is 102 cm³/mol. The Kier molecular flexibility index (Phi) is 6.59. The molecule has 140 valence electrons. The van der Waals surface area contributed by atoms with Gasteiger partial charge in [-0.25, -0.2) is 0 Å². The maximum absolute atomic E-state index is 12.4. The number of rotatable bonds is 6. The Hall–Kier alpha value is -1.53. The van der Waals surface area contributed by atoms with E-state index in [1.54, 1.807) is 12.1 Å². The lowest BCUT2D eigenvalue weighted by Gasteiger charge is -2.33. The molecule has 1 aromatic carbocycles. The van der Waals surface area contributed by atoms with Crippen molar-refractivity contribution in [2.45, 2.75) is 19.4 Å². The van der Waals surface area contributed by atoms with E-state index in [9.17, 15) is 4.79 Å². The van der Waals surface area contributed by atoms with Crippen LogP contribution in [0.25, 0.3) is 0 Å². The second-order valence-electron chi connectivity index (χ2n) is 6.34. The summed E-state index contributed by atoms with van der Waals surface area (Å²) in [6.45, 7) is 5.40. The average Bonchev–Trinajstić information content (AvgIpc) is 3.05. The number of nitrogens with one attached hydrogen (secondary N) is 1. The Morgan fingerprint density at radius 1 is 1.19 bits per heavy atom. The number of benzene rings is 1.